The molecule has 0 aromatic heterocycles. The van der Waals surface area contributed by atoms with Gasteiger partial charge >= 0.3 is 17.9 Å². The van der Waals surface area contributed by atoms with Crippen LogP contribution in [0.3, 0.4) is 0 Å². The highest BCUT2D eigenvalue weighted by Gasteiger charge is 2.72. The number of alkyl halides is 2. The molecule has 7 aliphatic rings. The number of fused-ring (bicyclic) bond motifs is 3. The van der Waals surface area contributed by atoms with Crippen LogP contribution in [0.5, 0.6) is 0 Å². The van der Waals surface area contributed by atoms with Gasteiger partial charge in [0, 0.05) is 13.5 Å². The molecule has 3 heterocycles. The zero-order valence-electron chi connectivity index (χ0n) is 19.4. The van der Waals surface area contributed by atoms with Crippen molar-refractivity contribution < 1.29 is 42.1 Å². The first kappa shape index (κ1) is 23.8. The molecule has 0 aromatic carbocycles. The molecular formula is C23H30F2O7S2. The van der Waals surface area contributed by atoms with Gasteiger partial charge in [0.05, 0.1) is 9.33 Å². The Hall–Kier alpha value is -0.620. The van der Waals surface area contributed by atoms with Gasteiger partial charge in [0.2, 0.25) is 6.29 Å². The Morgan fingerprint density at radius 3 is 2.59 bits per heavy atom. The maximum Gasteiger partial charge on any atom is 0.377 e. The van der Waals surface area contributed by atoms with E-state index in [0.29, 0.717) is 38.7 Å². The number of thioether (sulfide) groups is 2. The van der Waals surface area contributed by atoms with Crippen molar-refractivity contribution >= 4 is 35.5 Å². The first-order valence-corrected chi connectivity index (χ1v) is 13.9. The third-order valence-corrected chi connectivity index (χ3v) is 12.6. The van der Waals surface area contributed by atoms with Gasteiger partial charge in [0.25, 0.3) is 0 Å². The van der Waals surface area contributed by atoms with E-state index in [1.807, 2.05) is 18.7 Å². The first-order chi connectivity index (χ1) is 16.0. The number of hydrogen-bond donors (Lipinski definition) is 0. The summed E-state index contributed by atoms with van der Waals surface area (Å²) < 4.78 is 55.7. The Balaban J connectivity index is 1.18. The molecule has 8 atom stereocenters. The van der Waals surface area contributed by atoms with Crippen LogP contribution in [0.25, 0.3) is 0 Å². The fourth-order valence-electron chi connectivity index (χ4n) is 7.30. The van der Waals surface area contributed by atoms with Gasteiger partial charge in [-0.15, -0.1) is 23.5 Å². The van der Waals surface area contributed by atoms with Gasteiger partial charge in [-0.25, -0.2) is 4.79 Å². The highest BCUT2D eigenvalue weighted by Crippen LogP contribution is 2.75. The zero-order chi connectivity index (χ0) is 24.0. The maximum absolute atomic E-state index is 13.6. The van der Waals surface area contributed by atoms with Crippen LogP contribution in [0.15, 0.2) is 0 Å². The van der Waals surface area contributed by atoms with Crippen molar-refractivity contribution in [2.75, 3.05) is 6.61 Å². The molecule has 3 aliphatic heterocycles. The van der Waals surface area contributed by atoms with E-state index in [1.54, 1.807) is 18.7 Å². The van der Waals surface area contributed by atoms with E-state index in [4.69, 9.17) is 23.7 Å². The lowest BCUT2D eigenvalue weighted by molar-refractivity contribution is -0.243. The summed E-state index contributed by atoms with van der Waals surface area (Å²) in [5.74, 6) is -4.77. The predicted octanol–water partition coefficient (Wildman–Crippen LogP) is 3.93. The van der Waals surface area contributed by atoms with Crippen molar-refractivity contribution in [1.29, 1.82) is 0 Å². The lowest BCUT2D eigenvalue weighted by Crippen LogP contribution is -2.62. The van der Waals surface area contributed by atoms with Crippen LogP contribution < -0.4 is 0 Å². The summed E-state index contributed by atoms with van der Waals surface area (Å²) in [5, 5.41) is -0.0468. The molecule has 34 heavy (non-hydrogen) atoms. The molecule has 7 rings (SSSR count). The second kappa shape index (κ2) is 7.94. The van der Waals surface area contributed by atoms with Crippen LogP contribution in [-0.4, -0.2) is 63.5 Å². The lowest BCUT2D eigenvalue weighted by Gasteiger charge is -2.63. The highest BCUT2D eigenvalue weighted by atomic mass is 32.2. The minimum atomic E-state index is -3.49. The second-order valence-corrected chi connectivity index (χ2v) is 13.8. The Morgan fingerprint density at radius 1 is 1.24 bits per heavy atom. The molecule has 7 nitrogen and oxygen atoms in total. The number of esters is 2. The Kier molecular flexibility index (Phi) is 5.55. The van der Waals surface area contributed by atoms with Gasteiger partial charge in [0.1, 0.15) is 23.1 Å². The summed E-state index contributed by atoms with van der Waals surface area (Å²) in [7, 11) is 0. The summed E-state index contributed by atoms with van der Waals surface area (Å²) in [6.07, 6.45) is 2.11. The van der Waals surface area contributed by atoms with Crippen molar-refractivity contribution in [1.82, 2.24) is 0 Å². The molecule has 4 aliphatic carbocycles. The van der Waals surface area contributed by atoms with Crippen molar-refractivity contribution in [2.24, 2.45) is 23.7 Å². The lowest BCUT2D eigenvalue weighted by atomic mass is 9.53. The molecule has 8 unspecified atom stereocenters. The van der Waals surface area contributed by atoms with E-state index in [2.05, 4.69) is 0 Å². The average molecular weight is 521 g/mol. The number of hydrogen-bond acceptors (Lipinski definition) is 9. The van der Waals surface area contributed by atoms with E-state index in [0.717, 1.165) is 12.8 Å². The number of ether oxygens (including phenoxy) is 5. The van der Waals surface area contributed by atoms with E-state index in [1.165, 1.54) is 0 Å². The SMILES string of the molecule is CCOC(C)OC1OC(=O)C2C1OC1SC3(SC12)C1CC2CC3CC(OC(=O)C(C)(F)F)(C2)C1. The van der Waals surface area contributed by atoms with Crippen molar-refractivity contribution in [3.05, 3.63) is 0 Å². The molecule has 11 heteroatoms. The minimum absolute atomic E-state index is 0.0468. The number of carbonyl (C=O) groups is 2. The standard InChI is InChI=1S/C23H30F2O7S2/c1-4-28-10(2)29-18-15-14(17(26)31-18)16-19(30-15)34-23(33-16)12-5-11-6-13(23)9-22(7-11,8-12)32-20(27)21(3,24)25/h10-16,18-19H,4-9H2,1-3H3. The van der Waals surface area contributed by atoms with E-state index in [9.17, 15) is 18.4 Å². The first-order valence-electron chi connectivity index (χ1n) is 12.1. The van der Waals surface area contributed by atoms with E-state index >= 15 is 0 Å². The van der Waals surface area contributed by atoms with Gasteiger partial charge in [0.15, 0.2) is 6.29 Å². The number of halogens is 2. The zero-order valence-corrected chi connectivity index (χ0v) is 21.0. The molecule has 0 radical (unpaired) electrons. The Bertz CT molecular complexity index is 866. The van der Waals surface area contributed by atoms with Crippen molar-refractivity contribution in [3.8, 4) is 0 Å². The molecule has 190 valence electrons. The fourth-order valence-corrected chi connectivity index (χ4v) is 11.8. The van der Waals surface area contributed by atoms with Crippen LogP contribution in [0.4, 0.5) is 8.78 Å². The smallest absolute Gasteiger partial charge is 0.377 e. The van der Waals surface area contributed by atoms with Crippen LogP contribution in [0, 0.1) is 23.7 Å². The minimum Gasteiger partial charge on any atom is -0.455 e. The molecule has 4 saturated carbocycles. The topological polar surface area (TPSA) is 80.3 Å². The maximum atomic E-state index is 13.6. The number of carbonyl (C=O) groups excluding carboxylic acids is 2. The van der Waals surface area contributed by atoms with Crippen LogP contribution >= 0.6 is 23.5 Å². The molecule has 0 N–H and O–H groups in total. The summed E-state index contributed by atoms with van der Waals surface area (Å²) in [4.78, 5) is 24.9. The molecule has 4 bridgehead atoms. The van der Waals surface area contributed by atoms with Crippen molar-refractivity contribution in [2.45, 2.75) is 97.8 Å². The number of cyclic esters (lactones) is 1. The molecule has 7 fully saturated rings. The normalized spacial score (nSPS) is 49.3. The van der Waals surface area contributed by atoms with Crippen LogP contribution in [0.2, 0.25) is 0 Å². The molecule has 0 amide bonds. The van der Waals surface area contributed by atoms with E-state index < -0.39 is 42.1 Å². The fraction of sp³-hybridized carbons (Fsp3) is 0.913. The monoisotopic (exact) mass is 520 g/mol. The highest BCUT2D eigenvalue weighted by molar-refractivity contribution is 8.22. The third kappa shape index (κ3) is 3.55. The van der Waals surface area contributed by atoms with Gasteiger partial charge in [-0.1, -0.05) is 0 Å². The summed E-state index contributed by atoms with van der Waals surface area (Å²) in [6, 6.07) is 0. The summed E-state index contributed by atoms with van der Waals surface area (Å²) in [6.45, 7) is 4.73. The van der Waals surface area contributed by atoms with Crippen LogP contribution in [-0.2, 0) is 33.3 Å². The van der Waals surface area contributed by atoms with Crippen LogP contribution in [0.1, 0.15) is 52.9 Å². The van der Waals surface area contributed by atoms with Gasteiger partial charge in [-0.05, 0) is 63.7 Å². The third-order valence-electron chi connectivity index (χ3n) is 8.33. The summed E-state index contributed by atoms with van der Waals surface area (Å²) in [5.41, 5.74) is -0.946. The predicted molar refractivity (Wildman–Crippen MR) is 119 cm³/mol. The molecule has 0 aromatic rings. The second-order valence-electron chi connectivity index (χ2n) is 10.7. The number of rotatable bonds is 6. The Morgan fingerprint density at radius 2 is 1.94 bits per heavy atom. The van der Waals surface area contributed by atoms with E-state index in [-0.39, 0.29) is 32.6 Å². The molecule has 3 saturated heterocycles. The van der Waals surface area contributed by atoms with Gasteiger partial charge < -0.3 is 23.7 Å². The largest absolute Gasteiger partial charge is 0.455 e. The Labute approximate surface area is 205 Å². The molecular weight excluding hydrogens is 490 g/mol. The molecule has 1 spiro atoms. The average Bonchev–Trinajstić information content (AvgIpc) is 3.34. The van der Waals surface area contributed by atoms with Gasteiger partial charge in [-0.2, -0.15) is 8.78 Å². The van der Waals surface area contributed by atoms with Crippen molar-refractivity contribution in [3.63, 3.8) is 0 Å². The quantitative estimate of drug-likeness (QED) is 0.382. The van der Waals surface area contributed by atoms with Gasteiger partial charge in [-0.3, -0.25) is 4.79 Å². The summed E-state index contributed by atoms with van der Waals surface area (Å²) >= 11 is 3.61.